The quantitative estimate of drug-likeness (QED) is 0.0690. The van der Waals surface area contributed by atoms with Crippen molar-refractivity contribution in [3.63, 3.8) is 0 Å². The van der Waals surface area contributed by atoms with Crippen LogP contribution in [-0.2, 0) is 37.9 Å². The van der Waals surface area contributed by atoms with Crippen LogP contribution in [0.15, 0.2) is 5.22 Å². The fourth-order valence-electron chi connectivity index (χ4n) is 0.975. The number of nitrogens with one attached hydrogen (secondary N) is 3. The Morgan fingerprint density at radius 2 is 1.95 bits per heavy atom. The second-order valence-electron chi connectivity index (χ2n) is 2.81. The van der Waals surface area contributed by atoms with Gasteiger partial charge in [0.15, 0.2) is 0 Å². The number of hydrogen-bond acceptors (Lipinski definition) is 8. The number of rotatable bonds is 2. The van der Waals surface area contributed by atoms with E-state index in [0.717, 1.165) is 26.2 Å². The summed E-state index contributed by atoms with van der Waals surface area (Å²) in [6.07, 6.45) is 0. The van der Waals surface area contributed by atoms with Crippen molar-refractivity contribution in [3.05, 3.63) is 10.4 Å². The number of hydrogen-bond donors (Lipinski definition) is 4. The van der Waals surface area contributed by atoms with Crippen LogP contribution in [0, 0.1) is 0 Å². The summed E-state index contributed by atoms with van der Waals surface area (Å²) in [5, 5.41) is 8.16. The third-order valence-electron chi connectivity index (χ3n) is 1.56. The van der Waals surface area contributed by atoms with Gasteiger partial charge in [-0.1, -0.05) is 12.2 Å². The Labute approximate surface area is 146 Å². The van der Waals surface area contributed by atoms with Crippen LogP contribution in [0.1, 0.15) is 0 Å². The summed E-state index contributed by atoms with van der Waals surface area (Å²) in [4.78, 5) is 2.34. The molecule has 20 heavy (non-hydrogen) atoms. The van der Waals surface area contributed by atoms with Gasteiger partial charge in [0.05, 0.1) is 0 Å². The van der Waals surface area contributed by atoms with Gasteiger partial charge < -0.3 is 35.6 Å². The van der Waals surface area contributed by atoms with Crippen LogP contribution in [0.2, 0.25) is 0 Å². The molecule has 0 radical (unpaired) electrons. The normalized spacial score (nSPS) is 13.1. The monoisotopic (exact) mass is 440 g/mol. The Kier molecular flexibility index (Phi) is 18.7. The van der Waals surface area contributed by atoms with E-state index in [1.165, 1.54) is 0 Å². The molecule has 0 aromatic heterocycles. The van der Waals surface area contributed by atoms with Gasteiger partial charge in [-0.2, -0.15) is 4.91 Å². The molecule has 14 heteroatoms. The van der Waals surface area contributed by atoms with E-state index in [2.05, 4.69) is 63.4 Å². The zero-order chi connectivity index (χ0) is 15.8. The number of azide groups is 1. The summed E-state index contributed by atoms with van der Waals surface area (Å²) in [5.74, 6) is 0. The molecular weight excluding hydrogens is 426 g/mol. The number of hydrazine groups is 1. The van der Waals surface area contributed by atoms with Gasteiger partial charge in [-0.05, 0) is 5.22 Å². The van der Waals surface area contributed by atoms with E-state index >= 15 is 0 Å². The molecule has 1 aliphatic rings. The summed E-state index contributed by atoms with van der Waals surface area (Å²) in [6, 6.07) is 0. The second kappa shape index (κ2) is 16.9. The summed E-state index contributed by atoms with van der Waals surface area (Å²) in [7, 11) is 0. The van der Waals surface area contributed by atoms with Gasteiger partial charge in [0.1, 0.15) is 4.32 Å². The van der Waals surface area contributed by atoms with Crippen LogP contribution in [-0.4, -0.2) is 39.8 Å². The molecule has 0 aromatic rings. The van der Waals surface area contributed by atoms with Crippen LogP contribution in [0.3, 0.4) is 0 Å². The van der Waals surface area contributed by atoms with Gasteiger partial charge in [-0.25, -0.2) is 10.4 Å². The molecule has 0 atom stereocenters. The summed E-state index contributed by atoms with van der Waals surface area (Å²) in [5.41, 5.74) is 12.6. The average Bonchev–Trinajstić information content (AvgIpc) is 2.38. The maximum absolute atomic E-state index is 8.50. The van der Waals surface area contributed by atoms with Gasteiger partial charge in [-0.15, -0.1) is 18.2 Å². The predicted molar refractivity (Wildman–Crippen MR) is 82.8 cm³/mol. The van der Waals surface area contributed by atoms with Crippen LogP contribution in [0.5, 0.6) is 0 Å². The van der Waals surface area contributed by atoms with Gasteiger partial charge in [0.25, 0.3) is 0 Å². The summed E-state index contributed by atoms with van der Waals surface area (Å²) in [6.45, 7) is 4.01. The first-order valence-electron chi connectivity index (χ1n) is 4.86. The molecule has 0 amide bonds. The number of thiol groups is 1. The van der Waals surface area contributed by atoms with E-state index in [4.69, 9.17) is 24.5 Å². The molecule has 114 valence electrons. The third-order valence-corrected chi connectivity index (χ3v) is 1.93. The Hall–Kier alpha value is -0.132. The molecule has 0 saturated carbocycles. The van der Waals surface area contributed by atoms with Crippen LogP contribution >= 0.6 is 37.1 Å². The molecule has 1 fully saturated rings. The van der Waals surface area contributed by atoms with E-state index in [-0.39, 0.29) is 4.32 Å². The van der Waals surface area contributed by atoms with Crippen molar-refractivity contribution >= 4 is 58.3 Å². The zero-order valence-electron chi connectivity index (χ0n) is 10.0. The van der Waals surface area contributed by atoms with E-state index in [0.29, 0.717) is 4.32 Å². The molecule has 1 rings (SSSR count). The molecular formula is C6H12MoN7O2S4-. The molecule has 0 bridgehead atoms. The van der Waals surface area contributed by atoms with Crippen molar-refractivity contribution < 1.29 is 25.3 Å². The summed E-state index contributed by atoms with van der Waals surface area (Å²) < 4.78 is 17.6. The minimum atomic E-state index is -2.03. The number of thiocarbonyl (C=S) groups is 2. The number of piperazine rings is 1. The molecule has 1 heterocycles. The van der Waals surface area contributed by atoms with Crippen molar-refractivity contribution in [3.8, 4) is 0 Å². The fourth-order valence-corrected chi connectivity index (χ4v) is 1.33. The predicted octanol–water partition coefficient (Wildman–Crippen LogP) is 0.00390. The van der Waals surface area contributed by atoms with Crippen molar-refractivity contribution in [1.29, 1.82) is 0 Å². The second-order valence-corrected chi connectivity index (χ2v) is 5.38. The number of nitrogens with zero attached hydrogens (tertiary/aromatic N) is 4. The molecule has 1 aliphatic heterocycles. The van der Waals surface area contributed by atoms with E-state index in [1.54, 1.807) is 0 Å². The van der Waals surface area contributed by atoms with E-state index in [1.807, 2.05) is 5.43 Å². The maximum atomic E-state index is 8.50. The van der Waals surface area contributed by atoms with Gasteiger partial charge >= 0.3 is 25.3 Å². The van der Waals surface area contributed by atoms with Gasteiger partial charge in [-0.3, -0.25) is 0 Å². The minimum absolute atomic E-state index is 0.0535. The van der Waals surface area contributed by atoms with Crippen molar-refractivity contribution in [1.82, 2.24) is 21.2 Å². The first-order chi connectivity index (χ1) is 9.47. The Morgan fingerprint density at radius 1 is 1.45 bits per heavy atom. The Bertz CT molecular complexity index is 380. The van der Waals surface area contributed by atoms with E-state index < -0.39 is 18.5 Å². The SMILES string of the molecule is S=C(S)NN1CCNCC1.[N-]=[N+]=NNC(=S)[S-].[O]=[Mo]=[O]. The fraction of sp³-hybridized carbons (Fsp3) is 0.667. The van der Waals surface area contributed by atoms with E-state index in [9.17, 15) is 0 Å². The third kappa shape index (κ3) is 20.2. The molecule has 1 saturated heterocycles. The Morgan fingerprint density at radius 3 is 2.25 bits per heavy atom. The summed E-state index contributed by atoms with van der Waals surface area (Å²) >= 11 is 15.3. The molecule has 0 spiro atoms. The molecule has 3 N–H and O–H groups in total. The Balaban J connectivity index is 0. The van der Waals surface area contributed by atoms with Crippen molar-refractivity contribution in [2.75, 3.05) is 26.2 Å². The average molecular weight is 438 g/mol. The van der Waals surface area contributed by atoms with Crippen LogP contribution in [0.25, 0.3) is 10.4 Å². The molecule has 0 unspecified atom stereocenters. The van der Waals surface area contributed by atoms with Crippen LogP contribution < -0.4 is 16.2 Å². The standard InChI is InChI=1S/C5H11N3S2.CH2N4S2.Mo.2O/c9-5(10)7-8-3-1-6-2-4-8;2-4-5-3-1(6)7;;;/h6H,1-4H2,(H2,7,9,10);(H2,3,6,7);;;/p-1. The first kappa shape index (κ1) is 22.2. The molecule has 0 aliphatic carbocycles. The van der Waals surface area contributed by atoms with Crippen LogP contribution in [0.4, 0.5) is 0 Å². The van der Waals surface area contributed by atoms with Crippen molar-refractivity contribution in [2.24, 2.45) is 5.22 Å². The molecule has 9 nitrogen and oxygen atoms in total. The van der Waals surface area contributed by atoms with Crippen molar-refractivity contribution in [2.45, 2.75) is 0 Å². The zero-order valence-corrected chi connectivity index (χ0v) is 15.4. The van der Waals surface area contributed by atoms with Gasteiger partial charge in [0, 0.05) is 30.5 Å². The molecule has 0 aromatic carbocycles. The first-order valence-corrected chi connectivity index (χ1v) is 8.17. The topological polar surface area (TPSA) is 122 Å². The van der Waals surface area contributed by atoms with Gasteiger partial charge in [0.2, 0.25) is 0 Å².